The number of anilines is 3. The molecular formula is C21H31FN8O. The predicted molar refractivity (Wildman–Crippen MR) is 122 cm³/mol. The first kappa shape index (κ1) is 22.5. The Kier molecular flexibility index (Phi) is 6.49. The highest BCUT2D eigenvalue weighted by Gasteiger charge is 2.25. The van der Waals surface area contributed by atoms with E-state index in [1.807, 2.05) is 56.7 Å². The third-order valence-corrected chi connectivity index (χ3v) is 5.44. The fourth-order valence-corrected chi connectivity index (χ4v) is 3.91. The van der Waals surface area contributed by atoms with Crippen molar-refractivity contribution in [1.29, 1.82) is 0 Å². The number of hydrogen-bond donors (Lipinski definition) is 4. The van der Waals surface area contributed by atoms with Gasteiger partial charge >= 0.3 is 0 Å². The molecule has 3 rings (SSSR count). The minimum atomic E-state index is -0.754. The Balaban J connectivity index is 1.92. The molecule has 0 fully saturated rings. The lowest BCUT2D eigenvalue weighted by Gasteiger charge is -2.24. The summed E-state index contributed by atoms with van der Waals surface area (Å²) in [4.78, 5) is 18.3. The van der Waals surface area contributed by atoms with Gasteiger partial charge in [0.25, 0.3) is 5.91 Å². The fraction of sp³-hybridized carbons (Fsp3) is 0.476. The molecule has 10 heteroatoms. The predicted octanol–water partition coefficient (Wildman–Crippen LogP) is 1.71. The summed E-state index contributed by atoms with van der Waals surface area (Å²) in [6.45, 7) is 3.80. The normalized spacial score (nSPS) is 17.1. The van der Waals surface area contributed by atoms with Crippen molar-refractivity contribution in [2.45, 2.75) is 44.8 Å². The van der Waals surface area contributed by atoms with Crippen LogP contribution >= 0.6 is 0 Å². The van der Waals surface area contributed by atoms with Gasteiger partial charge in [-0.2, -0.15) is 5.10 Å². The average Bonchev–Trinajstić information content (AvgIpc) is 3.02. The van der Waals surface area contributed by atoms with Crippen LogP contribution in [0.2, 0.25) is 0 Å². The Hall–Kier alpha value is -3.14. The van der Waals surface area contributed by atoms with E-state index >= 15 is 0 Å². The van der Waals surface area contributed by atoms with E-state index in [4.69, 9.17) is 11.5 Å². The largest absolute Gasteiger partial charge is 0.365 e. The molecule has 0 aromatic carbocycles. The second-order valence-electron chi connectivity index (χ2n) is 8.12. The van der Waals surface area contributed by atoms with Gasteiger partial charge in [-0.3, -0.25) is 9.48 Å². The smallest absolute Gasteiger partial charge is 0.252 e. The Morgan fingerprint density at radius 2 is 2.13 bits per heavy atom. The molecule has 0 saturated carbocycles. The first-order chi connectivity index (χ1) is 14.6. The van der Waals surface area contributed by atoms with Crippen LogP contribution in [0.25, 0.3) is 6.08 Å². The molecule has 9 nitrogen and oxygen atoms in total. The number of rotatable bonds is 8. The maximum atomic E-state index is 14.6. The van der Waals surface area contributed by atoms with Gasteiger partial charge in [0.2, 0.25) is 0 Å². The van der Waals surface area contributed by atoms with Gasteiger partial charge in [-0.25, -0.2) is 9.37 Å². The summed E-state index contributed by atoms with van der Waals surface area (Å²) >= 11 is 0. The number of nitrogens with zero attached hydrogens (tertiary/aromatic N) is 4. The summed E-state index contributed by atoms with van der Waals surface area (Å²) in [5.41, 5.74) is 13.4. The molecular weight excluding hydrogens is 399 g/mol. The molecule has 0 bridgehead atoms. The third kappa shape index (κ3) is 4.63. The number of hydrogen-bond acceptors (Lipinski definition) is 7. The minimum Gasteiger partial charge on any atom is -0.365 e. The molecule has 2 aromatic heterocycles. The van der Waals surface area contributed by atoms with Crippen LogP contribution in [0.1, 0.15) is 41.9 Å². The van der Waals surface area contributed by atoms with Crippen LogP contribution in [0.4, 0.5) is 21.8 Å². The van der Waals surface area contributed by atoms with Gasteiger partial charge in [0.05, 0.1) is 17.3 Å². The van der Waals surface area contributed by atoms with E-state index in [0.717, 1.165) is 23.1 Å². The van der Waals surface area contributed by atoms with Crippen LogP contribution in [0.5, 0.6) is 0 Å². The molecule has 0 spiro atoms. The summed E-state index contributed by atoms with van der Waals surface area (Å²) in [6, 6.07) is 0.577. The van der Waals surface area contributed by atoms with Crippen LogP contribution in [0, 0.1) is 5.82 Å². The average molecular weight is 431 g/mol. The fourth-order valence-electron chi connectivity index (χ4n) is 3.91. The van der Waals surface area contributed by atoms with Crippen LogP contribution in [-0.2, 0) is 13.5 Å². The Morgan fingerprint density at radius 3 is 2.71 bits per heavy atom. The molecule has 6 N–H and O–H groups in total. The van der Waals surface area contributed by atoms with E-state index < -0.39 is 11.7 Å². The molecule has 0 saturated heterocycles. The number of pyridine rings is 1. The molecule has 31 heavy (non-hydrogen) atoms. The number of primary amides is 1. The molecule has 168 valence electrons. The van der Waals surface area contributed by atoms with Gasteiger partial charge in [-0.05, 0) is 25.5 Å². The molecule has 1 aliphatic carbocycles. The highest BCUT2D eigenvalue weighted by molar-refractivity contribution is 5.98. The zero-order chi connectivity index (χ0) is 22.9. The van der Waals surface area contributed by atoms with Crippen molar-refractivity contribution in [2.24, 2.45) is 18.5 Å². The zero-order valence-corrected chi connectivity index (χ0v) is 18.6. The zero-order valence-electron chi connectivity index (χ0n) is 18.6. The number of carbonyl (C=O) groups is 1. The lowest BCUT2D eigenvalue weighted by Crippen LogP contribution is -2.38. The third-order valence-electron chi connectivity index (χ3n) is 5.44. The standard InChI is InChI=1S/C21H31FN8O/c1-6-16(11(2)23)26-20-15(22)10-14(18(24)31)19(27-20)25-12-7-8-17-13(9-12)21(29(3)4)30(5)28-17/h7-8,10-12,16H,6,9,23H2,1-5H3,(H2,24,31)(H2,25,26,27)/t11-,12?,16+/m0/s1. The Morgan fingerprint density at radius 1 is 1.42 bits per heavy atom. The SMILES string of the molecule is CC[C@@H](Nc1nc(NC2C=Cc3nn(C)c(N(C)C)c3C2)c(C(N)=O)cc1F)[C@H](C)N. The van der Waals surface area contributed by atoms with Gasteiger partial charge < -0.3 is 27.0 Å². The summed E-state index contributed by atoms with van der Waals surface area (Å²) in [7, 11) is 5.83. The topological polar surface area (TPSA) is 127 Å². The number of nitrogens with one attached hydrogen (secondary N) is 2. The monoisotopic (exact) mass is 430 g/mol. The molecule has 0 radical (unpaired) electrons. The molecule has 2 heterocycles. The number of aryl methyl sites for hydroxylation is 1. The van der Waals surface area contributed by atoms with Crippen LogP contribution in [0.15, 0.2) is 12.1 Å². The first-order valence-electron chi connectivity index (χ1n) is 10.3. The van der Waals surface area contributed by atoms with Crippen LogP contribution in [0.3, 0.4) is 0 Å². The second-order valence-corrected chi connectivity index (χ2v) is 8.12. The van der Waals surface area contributed by atoms with E-state index in [1.165, 1.54) is 0 Å². The molecule has 1 amide bonds. The number of aromatic nitrogens is 3. The second kappa shape index (κ2) is 8.93. The summed E-state index contributed by atoms with van der Waals surface area (Å²) in [6.07, 6.45) is 5.21. The number of carbonyl (C=O) groups excluding carboxylic acids is 1. The van der Waals surface area contributed by atoms with Crippen molar-refractivity contribution < 1.29 is 9.18 Å². The first-order valence-corrected chi connectivity index (χ1v) is 10.3. The lowest BCUT2D eigenvalue weighted by molar-refractivity contribution is 0.100. The van der Waals surface area contributed by atoms with E-state index in [2.05, 4.69) is 20.7 Å². The summed E-state index contributed by atoms with van der Waals surface area (Å²) in [5, 5.41) is 10.8. The minimum absolute atomic E-state index is 0.00453. The Labute approximate surface area is 181 Å². The highest BCUT2D eigenvalue weighted by Crippen LogP contribution is 2.30. The molecule has 1 aliphatic rings. The van der Waals surface area contributed by atoms with Crippen molar-refractivity contribution in [1.82, 2.24) is 14.8 Å². The van der Waals surface area contributed by atoms with Gasteiger partial charge in [0, 0.05) is 45.2 Å². The maximum absolute atomic E-state index is 14.6. The quantitative estimate of drug-likeness (QED) is 0.502. The number of amides is 1. The lowest BCUT2D eigenvalue weighted by atomic mass is 9.98. The Bertz CT molecular complexity index is 998. The van der Waals surface area contributed by atoms with Crippen LogP contribution in [-0.4, -0.2) is 52.9 Å². The van der Waals surface area contributed by atoms with Gasteiger partial charge in [-0.1, -0.05) is 13.0 Å². The van der Waals surface area contributed by atoms with Gasteiger partial charge in [0.15, 0.2) is 11.6 Å². The highest BCUT2D eigenvalue weighted by atomic mass is 19.1. The molecule has 0 aliphatic heterocycles. The number of nitrogens with two attached hydrogens (primary N) is 2. The molecule has 2 aromatic rings. The van der Waals surface area contributed by atoms with Crippen molar-refractivity contribution in [3.63, 3.8) is 0 Å². The molecule has 3 atom stereocenters. The molecule has 1 unspecified atom stereocenters. The van der Waals surface area contributed by atoms with E-state index in [-0.39, 0.29) is 35.3 Å². The number of halogens is 1. The van der Waals surface area contributed by atoms with Crippen LogP contribution < -0.4 is 27.0 Å². The van der Waals surface area contributed by atoms with Gasteiger partial charge in [0.1, 0.15) is 11.6 Å². The number of fused-ring (bicyclic) bond motifs is 1. The maximum Gasteiger partial charge on any atom is 0.252 e. The summed E-state index contributed by atoms with van der Waals surface area (Å²) < 4.78 is 16.5. The van der Waals surface area contributed by atoms with Gasteiger partial charge in [-0.15, -0.1) is 0 Å². The van der Waals surface area contributed by atoms with E-state index in [1.54, 1.807) is 0 Å². The van der Waals surface area contributed by atoms with E-state index in [0.29, 0.717) is 12.8 Å². The van der Waals surface area contributed by atoms with Crippen molar-refractivity contribution in [3.8, 4) is 0 Å². The summed E-state index contributed by atoms with van der Waals surface area (Å²) in [5.74, 6) is -0.146. The van der Waals surface area contributed by atoms with Crippen molar-refractivity contribution >= 4 is 29.4 Å². The van der Waals surface area contributed by atoms with Crippen molar-refractivity contribution in [3.05, 3.63) is 34.8 Å². The van der Waals surface area contributed by atoms with E-state index in [9.17, 15) is 9.18 Å². The van der Waals surface area contributed by atoms with Crippen molar-refractivity contribution in [2.75, 3.05) is 29.6 Å².